The predicted octanol–water partition coefficient (Wildman–Crippen LogP) is 2.92. The van der Waals surface area contributed by atoms with E-state index in [4.69, 9.17) is 0 Å². The molecule has 2 aromatic rings. The van der Waals surface area contributed by atoms with Crippen molar-refractivity contribution in [3.05, 3.63) is 68.0 Å². The van der Waals surface area contributed by atoms with Crippen molar-refractivity contribution >= 4 is 34.6 Å². The van der Waals surface area contributed by atoms with E-state index >= 15 is 0 Å². The molecule has 1 atom stereocenters. The molecule has 0 fully saturated rings. The smallest absolute Gasteiger partial charge is 0.319 e. The molecular formula is C16H14N4O4S. The van der Waals surface area contributed by atoms with Crippen LogP contribution in [0.4, 0.5) is 16.2 Å². The molecule has 0 radical (unpaired) electrons. The Morgan fingerprint density at radius 2 is 2.12 bits per heavy atom. The van der Waals surface area contributed by atoms with Crippen molar-refractivity contribution < 1.29 is 14.5 Å². The highest BCUT2D eigenvalue weighted by atomic mass is 32.1. The Kier molecular flexibility index (Phi) is 4.48. The SMILES string of the molecule is CC1=C(C(=O)Nc2cccc([N+](=O)[O-])c2)C(c2cccs2)NC(=O)N1. The molecule has 3 rings (SSSR count). The first-order valence-electron chi connectivity index (χ1n) is 7.33. The number of non-ortho nitro benzene ring substituents is 1. The summed E-state index contributed by atoms with van der Waals surface area (Å²) >= 11 is 1.42. The van der Waals surface area contributed by atoms with Gasteiger partial charge in [0.05, 0.1) is 16.5 Å². The Balaban J connectivity index is 1.91. The molecule has 9 heteroatoms. The zero-order chi connectivity index (χ0) is 18.0. The summed E-state index contributed by atoms with van der Waals surface area (Å²) in [5, 5.41) is 20.7. The second kappa shape index (κ2) is 6.73. The standard InChI is InChI=1S/C16H14N4O4S/c1-9-13(14(19-16(22)17-9)12-6-3-7-25-12)15(21)18-10-4-2-5-11(8-10)20(23)24/h2-8,14H,1H3,(H,18,21)(H2,17,19,22). The summed E-state index contributed by atoms with van der Waals surface area (Å²) in [6, 6.07) is 8.38. The molecule has 0 spiro atoms. The first kappa shape index (κ1) is 16.7. The summed E-state index contributed by atoms with van der Waals surface area (Å²) in [6.07, 6.45) is 0. The average Bonchev–Trinajstić information content (AvgIpc) is 3.08. The van der Waals surface area contributed by atoms with Crippen LogP contribution in [0.15, 0.2) is 53.0 Å². The summed E-state index contributed by atoms with van der Waals surface area (Å²) < 4.78 is 0. The number of allylic oxidation sites excluding steroid dienone is 1. The maximum Gasteiger partial charge on any atom is 0.319 e. The minimum absolute atomic E-state index is 0.117. The third-order valence-corrected chi connectivity index (χ3v) is 4.59. The van der Waals surface area contributed by atoms with Gasteiger partial charge >= 0.3 is 6.03 Å². The van der Waals surface area contributed by atoms with Crippen molar-refractivity contribution in [3.63, 3.8) is 0 Å². The van der Waals surface area contributed by atoms with E-state index in [-0.39, 0.29) is 11.7 Å². The van der Waals surface area contributed by atoms with Gasteiger partial charge in [-0.05, 0) is 24.4 Å². The van der Waals surface area contributed by atoms with Gasteiger partial charge < -0.3 is 16.0 Å². The highest BCUT2D eigenvalue weighted by Crippen LogP contribution is 2.30. The molecular weight excluding hydrogens is 344 g/mol. The highest BCUT2D eigenvalue weighted by molar-refractivity contribution is 7.10. The number of anilines is 1. The molecule has 0 saturated carbocycles. The maximum atomic E-state index is 12.7. The lowest BCUT2D eigenvalue weighted by atomic mass is 10.0. The molecule has 1 aromatic heterocycles. The van der Waals surface area contributed by atoms with E-state index in [1.54, 1.807) is 13.0 Å². The molecule has 128 valence electrons. The van der Waals surface area contributed by atoms with Crippen LogP contribution >= 0.6 is 11.3 Å². The Morgan fingerprint density at radius 3 is 2.80 bits per heavy atom. The molecule has 25 heavy (non-hydrogen) atoms. The van der Waals surface area contributed by atoms with Gasteiger partial charge in [-0.15, -0.1) is 11.3 Å². The van der Waals surface area contributed by atoms with Crippen LogP contribution in [0.2, 0.25) is 0 Å². The third-order valence-electron chi connectivity index (χ3n) is 3.66. The normalized spacial score (nSPS) is 16.8. The van der Waals surface area contributed by atoms with Crippen LogP contribution in [0.5, 0.6) is 0 Å². The van der Waals surface area contributed by atoms with Crippen molar-refractivity contribution in [2.45, 2.75) is 13.0 Å². The summed E-state index contributed by atoms with van der Waals surface area (Å²) in [4.78, 5) is 35.7. The minimum Gasteiger partial charge on any atom is -0.326 e. The van der Waals surface area contributed by atoms with Gasteiger partial charge in [-0.3, -0.25) is 14.9 Å². The van der Waals surface area contributed by atoms with Gasteiger partial charge in [0.1, 0.15) is 0 Å². The number of carbonyl (C=O) groups is 2. The lowest BCUT2D eigenvalue weighted by Gasteiger charge is -2.27. The van der Waals surface area contributed by atoms with Crippen LogP contribution in [-0.4, -0.2) is 16.9 Å². The van der Waals surface area contributed by atoms with Crippen LogP contribution < -0.4 is 16.0 Å². The van der Waals surface area contributed by atoms with Gasteiger partial charge in [-0.1, -0.05) is 12.1 Å². The van der Waals surface area contributed by atoms with Crippen LogP contribution in [-0.2, 0) is 4.79 Å². The summed E-state index contributed by atoms with van der Waals surface area (Å²) in [5.41, 5.74) is 0.980. The average molecular weight is 358 g/mol. The third kappa shape index (κ3) is 3.50. The largest absolute Gasteiger partial charge is 0.326 e. The van der Waals surface area contributed by atoms with E-state index in [9.17, 15) is 19.7 Å². The zero-order valence-corrected chi connectivity index (χ0v) is 13.9. The molecule has 0 aliphatic carbocycles. The molecule has 1 aromatic carbocycles. The molecule has 3 N–H and O–H groups in total. The van der Waals surface area contributed by atoms with Crippen molar-refractivity contribution in [1.82, 2.24) is 10.6 Å². The fourth-order valence-electron chi connectivity index (χ4n) is 2.56. The van der Waals surface area contributed by atoms with Gasteiger partial charge in [-0.2, -0.15) is 0 Å². The number of nitrogens with one attached hydrogen (secondary N) is 3. The summed E-state index contributed by atoms with van der Waals surface area (Å²) in [5.74, 6) is -0.441. The Hall–Kier alpha value is -3.20. The van der Waals surface area contributed by atoms with E-state index in [0.29, 0.717) is 17.0 Å². The number of thiophene rings is 1. The maximum absolute atomic E-state index is 12.7. The van der Waals surface area contributed by atoms with Gasteiger partial charge in [-0.25, -0.2) is 4.79 Å². The van der Waals surface area contributed by atoms with E-state index in [0.717, 1.165) is 4.88 Å². The number of nitro groups is 1. The number of hydrogen-bond donors (Lipinski definition) is 3. The molecule has 3 amide bonds. The van der Waals surface area contributed by atoms with Crippen LogP contribution in [0, 0.1) is 10.1 Å². The van der Waals surface area contributed by atoms with Crippen molar-refractivity contribution in [2.24, 2.45) is 0 Å². The molecule has 1 unspecified atom stereocenters. The number of urea groups is 1. The molecule has 0 bridgehead atoms. The minimum atomic E-state index is -0.576. The number of nitrogens with zero attached hydrogens (tertiary/aromatic N) is 1. The highest BCUT2D eigenvalue weighted by Gasteiger charge is 2.31. The number of rotatable bonds is 4. The van der Waals surface area contributed by atoms with Gasteiger partial charge in [0.2, 0.25) is 0 Å². The van der Waals surface area contributed by atoms with E-state index < -0.39 is 16.9 Å². The Bertz CT molecular complexity index is 876. The number of hydrogen-bond acceptors (Lipinski definition) is 5. The van der Waals surface area contributed by atoms with Crippen molar-refractivity contribution in [2.75, 3.05) is 5.32 Å². The number of nitro benzene ring substituents is 1. The molecule has 1 aliphatic heterocycles. The molecule has 8 nitrogen and oxygen atoms in total. The lowest BCUT2D eigenvalue weighted by molar-refractivity contribution is -0.384. The topological polar surface area (TPSA) is 113 Å². The summed E-state index contributed by atoms with van der Waals surface area (Å²) in [6.45, 7) is 1.64. The van der Waals surface area contributed by atoms with Crippen LogP contribution in [0.1, 0.15) is 17.8 Å². The molecule has 0 saturated heterocycles. The van der Waals surface area contributed by atoms with Gasteiger partial charge in [0.25, 0.3) is 11.6 Å². The fraction of sp³-hybridized carbons (Fsp3) is 0.125. The second-order valence-corrected chi connectivity index (χ2v) is 6.33. The number of amides is 3. The van der Waals surface area contributed by atoms with Crippen LogP contribution in [0.3, 0.4) is 0 Å². The quantitative estimate of drug-likeness (QED) is 0.576. The first-order chi connectivity index (χ1) is 12.0. The monoisotopic (exact) mass is 358 g/mol. The van der Waals surface area contributed by atoms with E-state index in [1.807, 2.05) is 17.5 Å². The number of benzene rings is 1. The fourth-order valence-corrected chi connectivity index (χ4v) is 3.34. The van der Waals surface area contributed by atoms with Crippen LogP contribution in [0.25, 0.3) is 0 Å². The first-order valence-corrected chi connectivity index (χ1v) is 8.21. The molecule has 1 aliphatic rings. The van der Waals surface area contributed by atoms with Crippen molar-refractivity contribution in [1.29, 1.82) is 0 Å². The Morgan fingerprint density at radius 1 is 1.32 bits per heavy atom. The predicted molar refractivity (Wildman–Crippen MR) is 93.2 cm³/mol. The van der Waals surface area contributed by atoms with E-state index in [2.05, 4.69) is 16.0 Å². The summed E-state index contributed by atoms with van der Waals surface area (Å²) in [7, 11) is 0. The van der Waals surface area contributed by atoms with Gasteiger partial charge in [0, 0.05) is 28.4 Å². The molecule has 2 heterocycles. The number of carbonyl (C=O) groups excluding carboxylic acids is 2. The second-order valence-electron chi connectivity index (χ2n) is 5.35. The van der Waals surface area contributed by atoms with E-state index in [1.165, 1.54) is 29.5 Å². The van der Waals surface area contributed by atoms with Crippen molar-refractivity contribution in [3.8, 4) is 0 Å². The zero-order valence-electron chi connectivity index (χ0n) is 13.1. The van der Waals surface area contributed by atoms with Gasteiger partial charge in [0.15, 0.2) is 0 Å². The Labute approximate surface area is 146 Å². The lowest BCUT2D eigenvalue weighted by Crippen LogP contribution is -2.45.